The highest BCUT2D eigenvalue weighted by molar-refractivity contribution is 5.90. The van der Waals surface area contributed by atoms with Gasteiger partial charge in [0.2, 0.25) is 0 Å². The van der Waals surface area contributed by atoms with E-state index in [1.54, 1.807) is 18.2 Å². The second-order valence-corrected chi connectivity index (χ2v) is 5.10. The molecule has 0 spiro atoms. The number of ether oxygens (including phenoxy) is 1. The van der Waals surface area contributed by atoms with Gasteiger partial charge in [-0.15, -0.1) is 0 Å². The fraction of sp³-hybridized carbons (Fsp3) is 0.235. The van der Waals surface area contributed by atoms with Gasteiger partial charge in [-0.2, -0.15) is 0 Å². The number of fused-ring (bicyclic) bond motifs is 1. The van der Waals surface area contributed by atoms with E-state index in [4.69, 9.17) is 4.74 Å². The molecule has 1 N–H and O–H groups in total. The number of hydrogen-bond donors (Lipinski definition) is 1. The quantitative estimate of drug-likeness (QED) is 0.877. The van der Waals surface area contributed by atoms with Gasteiger partial charge in [0.15, 0.2) is 0 Å². The lowest BCUT2D eigenvalue weighted by atomic mass is 10.0. The highest BCUT2D eigenvalue weighted by atomic mass is 19.1. The molecule has 0 saturated carbocycles. The molecule has 0 aromatic heterocycles. The van der Waals surface area contributed by atoms with E-state index in [0.29, 0.717) is 5.56 Å². The number of rotatable bonds is 3. The van der Waals surface area contributed by atoms with Gasteiger partial charge in [-0.05, 0) is 54.3 Å². The van der Waals surface area contributed by atoms with Gasteiger partial charge in [-0.3, -0.25) is 0 Å². The molecule has 0 bridgehead atoms. The molecule has 2 aromatic rings. The summed E-state index contributed by atoms with van der Waals surface area (Å²) < 4.78 is 18.1. The zero-order chi connectivity index (χ0) is 14.7. The van der Waals surface area contributed by atoms with Crippen LogP contribution in [-0.2, 0) is 17.8 Å². The van der Waals surface area contributed by atoms with E-state index in [0.717, 1.165) is 36.2 Å². The summed E-state index contributed by atoms with van der Waals surface area (Å²) in [5.74, 6) is -0.653. The standard InChI is InChI=1S/C17H16FNO2/c18-15-6-3-12(4-7-15)11-21-17(20)14-5-8-16-13(10-14)2-1-9-19-16/h3-8,10,19H,1-2,9,11H2. The maximum absolute atomic E-state index is 12.8. The zero-order valence-corrected chi connectivity index (χ0v) is 11.6. The Hall–Kier alpha value is -2.36. The Labute approximate surface area is 122 Å². The first-order valence-electron chi connectivity index (χ1n) is 7.01. The molecule has 4 heteroatoms. The van der Waals surface area contributed by atoms with Crippen LogP contribution in [0.2, 0.25) is 0 Å². The second-order valence-electron chi connectivity index (χ2n) is 5.10. The summed E-state index contributed by atoms with van der Waals surface area (Å²) >= 11 is 0. The van der Waals surface area contributed by atoms with Crippen molar-refractivity contribution in [2.45, 2.75) is 19.4 Å². The van der Waals surface area contributed by atoms with E-state index < -0.39 is 0 Å². The van der Waals surface area contributed by atoms with Gasteiger partial charge in [0.25, 0.3) is 0 Å². The molecule has 0 fully saturated rings. The van der Waals surface area contributed by atoms with Crippen molar-refractivity contribution in [3.8, 4) is 0 Å². The normalized spacial score (nSPS) is 13.2. The van der Waals surface area contributed by atoms with Crippen LogP contribution in [0, 0.1) is 5.82 Å². The lowest BCUT2D eigenvalue weighted by Crippen LogP contribution is -2.13. The Kier molecular flexibility index (Phi) is 3.86. The van der Waals surface area contributed by atoms with Crippen molar-refractivity contribution in [3.05, 3.63) is 65.0 Å². The van der Waals surface area contributed by atoms with Gasteiger partial charge in [0.05, 0.1) is 5.56 Å². The predicted molar refractivity (Wildman–Crippen MR) is 78.8 cm³/mol. The molecule has 108 valence electrons. The Morgan fingerprint density at radius 2 is 2.00 bits per heavy atom. The first-order valence-corrected chi connectivity index (χ1v) is 7.01. The van der Waals surface area contributed by atoms with E-state index in [2.05, 4.69) is 5.32 Å². The summed E-state index contributed by atoms with van der Waals surface area (Å²) in [6.07, 6.45) is 2.04. The highest BCUT2D eigenvalue weighted by Crippen LogP contribution is 2.23. The van der Waals surface area contributed by atoms with Crippen molar-refractivity contribution >= 4 is 11.7 Å². The number of aryl methyl sites for hydroxylation is 1. The molecular weight excluding hydrogens is 269 g/mol. The number of carbonyl (C=O) groups excluding carboxylic acids is 1. The molecule has 0 atom stereocenters. The number of benzene rings is 2. The molecule has 1 aliphatic heterocycles. The molecule has 0 saturated heterocycles. The average molecular weight is 285 g/mol. The Bertz CT molecular complexity index is 652. The zero-order valence-electron chi connectivity index (χ0n) is 11.6. The van der Waals surface area contributed by atoms with Crippen molar-refractivity contribution in [2.75, 3.05) is 11.9 Å². The van der Waals surface area contributed by atoms with Crippen LogP contribution >= 0.6 is 0 Å². The van der Waals surface area contributed by atoms with Crippen LogP contribution in [0.4, 0.5) is 10.1 Å². The maximum atomic E-state index is 12.8. The van der Waals surface area contributed by atoms with Crippen LogP contribution in [0.1, 0.15) is 27.9 Å². The van der Waals surface area contributed by atoms with E-state index in [1.165, 1.54) is 12.1 Å². The molecule has 2 aromatic carbocycles. The number of esters is 1. The molecule has 3 nitrogen and oxygen atoms in total. The van der Waals surface area contributed by atoms with Gasteiger partial charge in [-0.1, -0.05) is 12.1 Å². The Morgan fingerprint density at radius 1 is 1.19 bits per heavy atom. The first-order chi connectivity index (χ1) is 10.2. The minimum absolute atomic E-state index is 0.147. The third-order valence-electron chi connectivity index (χ3n) is 3.56. The Balaban J connectivity index is 1.66. The van der Waals surface area contributed by atoms with Crippen LogP contribution in [0.15, 0.2) is 42.5 Å². The minimum atomic E-state index is -0.354. The maximum Gasteiger partial charge on any atom is 0.338 e. The van der Waals surface area contributed by atoms with Crippen LogP contribution in [0.5, 0.6) is 0 Å². The van der Waals surface area contributed by atoms with E-state index in [-0.39, 0.29) is 18.4 Å². The van der Waals surface area contributed by atoms with Crippen molar-refractivity contribution in [3.63, 3.8) is 0 Å². The SMILES string of the molecule is O=C(OCc1ccc(F)cc1)c1ccc2c(c1)CCCN2. The van der Waals surface area contributed by atoms with Gasteiger partial charge in [0.1, 0.15) is 12.4 Å². The number of halogens is 1. The smallest absolute Gasteiger partial charge is 0.338 e. The molecule has 0 radical (unpaired) electrons. The molecule has 0 unspecified atom stereocenters. The lowest BCUT2D eigenvalue weighted by Gasteiger charge is -2.18. The summed E-state index contributed by atoms with van der Waals surface area (Å²) in [4.78, 5) is 12.1. The third kappa shape index (κ3) is 3.21. The first kappa shape index (κ1) is 13.6. The molecule has 21 heavy (non-hydrogen) atoms. The van der Waals surface area contributed by atoms with Crippen LogP contribution in [-0.4, -0.2) is 12.5 Å². The fourth-order valence-corrected chi connectivity index (χ4v) is 2.41. The van der Waals surface area contributed by atoms with Crippen molar-refractivity contribution in [1.29, 1.82) is 0 Å². The summed E-state index contributed by atoms with van der Waals surface area (Å²) in [5.41, 5.74) is 3.57. The average Bonchev–Trinajstić information content (AvgIpc) is 2.53. The van der Waals surface area contributed by atoms with Crippen molar-refractivity contribution < 1.29 is 13.9 Å². The topological polar surface area (TPSA) is 38.3 Å². The van der Waals surface area contributed by atoms with Crippen molar-refractivity contribution in [1.82, 2.24) is 0 Å². The molecule has 0 amide bonds. The molecule has 1 heterocycles. The predicted octanol–water partition coefficient (Wildman–Crippen LogP) is 3.54. The fourth-order valence-electron chi connectivity index (χ4n) is 2.41. The largest absolute Gasteiger partial charge is 0.457 e. The van der Waals surface area contributed by atoms with E-state index in [1.807, 2.05) is 12.1 Å². The van der Waals surface area contributed by atoms with Gasteiger partial charge in [-0.25, -0.2) is 9.18 Å². The van der Waals surface area contributed by atoms with Crippen LogP contribution < -0.4 is 5.32 Å². The summed E-state index contributed by atoms with van der Waals surface area (Å²) in [7, 11) is 0. The molecule has 0 aliphatic carbocycles. The van der Waals surface area contributed by atoms with Gasteiger partial charge in [0, 0.05) is 12.2 Å². The number of carbonyl (C=O) groups is 1. The summed E-state index contributed by atoms with van der Waals surface area (Å²) in [5, 5.41) is 3.30. The molecule has 3 rings (SSSR count). The van der Waals surface area contributed by atoms with E-state index >= 15 is 0 Å². The molecular formula is C17H16FNO2. The monoisotopic (exact) mass is 285 g/mol. The molecule has 1 aliphatic rings. The van der Waals surface area contributed by atoms with Gasteiger partial charge < -0.3 is 10.1 Å². The second kappa shape index (κ2) is 5.95. The minimum Gasteiger partial charge on any atom is -0.457 e. The van der Waals surface area contributed by atoms with Gasteiger partial charge >= 0.3 is 5.97 Å². The van der Waals surface area contributed by atoms with Crippen LogP contribution in [0.25, 0.3) is 0 Å². The van der Waals surface area contributed by atoms with Crippen LogP contribution in [0.3, 0.4) is 0 Å². The summed E-state index contributed by atoms with van der Waals surface area (Å²) in [6.45, 7) is 1.12. The van der Waals surface area contributed by atoms with Crippen molar-refractivity contribution in [2.24, 2.45) is 0 Å². The highest BCUT2D eigenvalue weighted by Gasteiger charge is 2.13. The summed E-state index contributed by atoms with van der Waals surface area (Å²) in [6, 6.07) is 11.5. The Morgan fingerprint density at radius 3 is 2.81 bits per heavy atom. The number of nitrogens with one attached hydrogen (secondary N) is 1. The lowest BCUT2D eigenvalue weighted by molar-refractivity contribution is 0.0472. The van der Waals surface area contributed by atoms with E-state index in [9.17, 15) is 9.18 Å². The number of hydrogen-bond acceptors (Lipinski definition) is 3. The number of anilines is 1. The third-order valence-corrected chi connectivity index (χ3v) is 3.56.